The first-order valence-corrected chi connectivity index (χ1v) is 15.8. The Morgan fingerprint density at radius 1 is 1.17 bits per heavy atom. The zero-order valence-electron chi connectivity index (χ0n) is 24.6. The summed E-state index contributed by atoms with van der Waals surface area (Å²) < 4.78 is 2.14. The lowest BCUT2D eigenvalue weighted by atomic mass is 9.72. The Bertz CT molecular complexity index is 1710. The molecule has 212 valence electrons. The van der Waals surface area contributed by atoms with Crippen molar-refractivity contribution in [3.63, 3.8) is 0 Å². The number of aryl methyl sites for hydroxylation is 2. The lowest BCUT2D eigenvalue weighted by molar-refractivity contribution is 0.102. The molecule has 4 aromatic rings. The summed E-state index contributed by atoms with van der Waals surface area (Å²) in [4.78, 5) is 21.1. The van der Waals surface area contributed by atoms with Crippen molar-refractivity contribution in [3.8, 4) is 11.1 Å². The molecule has 0 radical (unpaired) electrons. The number of benzene rings is 1. The third kappa shape index (κ3) is 5.66. The van der Waals surface area contributed by atoms with Gasteiger partial charge in [-0.3, -0.25) is 4.79 Å². The highest BCUT2D eigenvalue weighted by molar-refractivity contribution is 7.16. The van der Waals surface area contributed by atoms with Crippen molar-refractivity contribution >= 4 is 57.1 Å². The van der Waals surface area contributed by atoms with Gasteiger partial charge in [-0.1, -0.05) is 32.4 Å². The van der Waals surface area contributed by atoms with Crippen molar-refractivity contribution < 1.29 is 4.79 Å². The number of nitriles is 1. The first kappa shape index (κ1) is 29.3. The van der Waals surface area contributed by atoms with Crippen LogP contribution in [0.15, 0.2) is 35.3 Å². The first-order valence-electron chi connectivity index (χ1n) is 13.8. The van der Waals surface area contributed by atoms with Gasteiger partial charge in [-0.15, -0.1) is 22.7 Å². The highest BCUT2D eigenvalue weighted by atomic mass is 35.5. The second-order valence-corrected chi connectivity index (χ2v) is 14.7. The number of aromatic nitrogens is 1. The Labute approximate surface area is 255 Å². The van der Waals surface area contributed by atoms with E-state index in [4.69, 9.17) is 16.6 Å². The number of anilines is 1. The van der Waals surface area contributed by atoms with Crippen LogP contribution in [0.25, 0.3) is 5.00 Å². The highest BCUT2D eigenvalue weighted by Crippen LogP contribution is 2.45. The van der Waals surface area contributed by atoms with E-state index in [0.717, 1.165) is 67.8 Å². The van der Waals surface area contributed by atoms with E-state index in [1.54, 1.807) is 34.8 Å². The van der Waals surface area contributed by atoms with Crippen LogP contribution in [0.1, 0.15) is 80.9 Å². The molecule has 0 unspecified atom stereocenters. The maximum absolute atomic E-state index is 13.7. The molecule has 0 fully saturated rings. The number of hydrogen-bond acceptors (Lipinski definition) is 5. The molecule has 1 aliphatic rings. The Hall–Kier alpha value is -3.18. The zero-order chi connectivity index (χ0) is 29.6. The van der Waals surface area contributed by atoms with Crippen LogP contribution < -0.4 is 5.32 Å². The third-order valence-electron chi connectivity index (χ3n) is 8.27. The normalized spacial score (nSPS) is 15.2. The van der Waals surface area contributed by atoms with E-state index < -0.39 is 0 Å². The summed E-state index contributed by atoms with van der Waals surface area (Å²) in [6, 6.07) is 11.7. The number of rotatable bonds is 5. The predicted molar refractivity (Wildman–Crippen MR) is 173 cm³/mol. The van der Waals surface area contributed by atoms with Crippen molar-refractivity contribution in [3.05, 3.63) is 84.3 Å². The summed E-state index contributed by atoms with van der Waals surface area (Å²) in [5.74, 6) is 0.420. The van der Waals surface area contributed by atoms with Gasteiger partial charge < -0.3 is 9.88 Å². The molecule has 1 atom stereocenters. The number of nitrogens with zero attached hydrogens (tertiary/aromatic N) is 3. The SMILES string of the molecule is Cc1sc(-n2c(C)cc(C=Nc3sc4c(c3C(=O)Nc3ccc(Cl)cc3)CC[C@H](C(C)(C)C)C4)c2C)c(C#N)c1C. The van der Waals surface area contributed by atoms with Crippen molar-refractivity contribution in [1.29, 1.82) is 5.26 Å². The molecular weight excluding hydrogens is 568 g/mol. The number of halogens is 1. The van der Waals surface area contributed by atoms with Gasteiger partial charge in [-0.25, -0.2) is 4.99 Å². The molecule has 0 aliphatic heterocycles. The van der Waals surface area contributed by atoms with Crippen LogP contribution in [0.2, 0.25) is 5.02 Å². The third-order valence-corrected chi connectivity index (χ3v) is 10.9. The number of nitrogens with one attached hydrogen (secondary N) is 1. The minimum absolute atomic E-state index is 0.139. The highest BCUT2D eigenvalue weighted by Gasteiger charge is 2.33. The molecule has 0 saturated carbocycles. The topological polar surface area (TPSA) is 70.2 Å². The van der Waals surface area contributed by atoms with Gasteiger partial charge in [0.15, 0.2) is 0 Å². The van der Waals surface area contributed by atoms with E-state index in [1.807, 2.05) is 25.3 Å². The van der Waals surface area contributed by atoms with Gasteiger partial charge in [-0.2, -0.15) is 5.26 Å². The second kappa shape index (κ2) is 11.2. The molecule has 3 aromatic heterocycles. The number of fused-ring (bicyclic) bond motifs is 1. The van der Waals surface area contributed by atoms with E-state index in [1.165, 1.54) is 4.88 Å². The molecular formula is C33H35ClN4OS2. The van der Waals surface area contributed by atoms with Crippen molar-refractivity contribution in [2.45, 2.75) is 67.7 Å². The maximum atomic E-state index is 13.7. The molecule has 3 heterocycles. The lowest BCUT2D eigenvalue weighted by Gasteiger charge is -2.33. The van der Waals surface area contributed by atoms with Crippen LogP contribution in [0.3, 0.4) is 0 Å². The summed E-state index contributed by atoms with van der Waals surface area (Å²) in [6.45, 7) is 15.1. The Morgan fingerprint density at radius 3 is 2.54 bits per heavy atom. The summed E-state index contributed by atoms with van der Waals surface area (Å²) >= 11 is 9.34. The Balaban J connectivity index is 1.54. The van der Waals surface area contributed by atoms with E-state index in [0.29, 0.717) is 22.2 Å². The number of carbonyl (C=O) groups is 1. The molecule has 5 rings (SSSR count). The van der Waals surface area contributed by atoms with Gasteiger partial charge in [-0.05, 0) is 99.7 Å². The number of aliphatic imine (C=N–C) groups is 1. The average molecular weight is 603 g/mol. The lowest BCUT2D eigenvalue weighted by Crippen LogP contribution is -2.27. The standard InChI is InChI=1S/C33H35ClN4OS2/c1-18-14-22(20(3)38(18)32-27(16-35)19(2)21(4)40-32)17-36-31-29(30(39)37-25-11-9-24(34)10-12-25)26-13-8-23(33(5,6)7)15-28(26)41-31/h9-12,14,17,23H,8,13,15H2,1-7H3,(H,37,39)/t23-/m0/s1. The van der Waals surface area contributed by atoms with E-state index in [-0.39, 0.29) is 11.3 Å². The van der Waals surface area contributed by atoms with Crippen molar-refractivity contribution in [1.82, 2.24) is 4.57 Å². The maximum Gasteiger partial charge on any atom is 0.259 e. The number of amides is 1. The molecule has 0 spiro atoms. The van der Waals surface area contributed by atoms with E-state index in [2.05, 4.69) is 63.6 Å². The molecule has 1 aromatic carbocycles. The summed E-state index contributed by atoms with van der Waals surface area (Å²) in [5, 5.41) is 15.2. The monoisotopic (exact) mass is 602 g/mol. The second-order valence-electron chi connectivity index (χ2n) is 11.9. The van der Waals surface area contributed by atoms with Gasteiger partial charge >= 0.3 is 0 Å². The van der Waals surface area contributed by atoms with Gasteiger partial charge in [0.05, 0.1) is 11.1 Å². The molecule has 0 bridgehead atoms. The van der Waals surface area contributed by atoms with Gasteiger partial charge in [0.2, 0.25) is 0 Å². The van der Waals surface area contributed by atoms with Gasteiger partial charge in [0, 0.05) is 43.6 Å². The van der Waals surface area contributed by atoms with Crippen LogP contribution in [0.4, 0.5) is 10.7 Å². The van der Waals surface area contributed by atoms with E-state index >= 15 is 0 Å². The van der Waals surface area contributed by atoms with Crippen LogP contribution in [0.5, 0.6) is 0 Å². The van der Waals surface area contributed by atoms with Crippen LogP contribution in [0, 0.1) is 50.4 Å². The molecule has 5 nitrogen and oxygen atoms in total. The quantitative estimate of drug-likeness (QED) is 0.231. The minimum atomic E-state index is -0.139. The van der Waals surface area contributed by atoms with Crippen molar-refractivity contribution in [2.75, 3.05) is 5.32 Å². The van der Waals surface area contributed by atoms with Gasteiger partial charge in [0.25, 0.3) is 5.91 Å². The largest absolute Gasteiger partial charge is 0.322 e. The molecule has 0 saturated heterocycles. The number of thiophene rings is 2. The minimum Gasteiger partial charge on any atom is -0.322 e. The van der Waals surface area contributed by atoms with Crippen LogP contribution in [-0.2, 0) is 12.8 Å². The molecule has 1 amide bonds. The fraction of sp³-hybridized carbons (Fsp3) is 0.364. The van der Waals surface area contributed by atoms with Crippen LogP contribution in [-0.4, -0.2) is 16.7 Å². The zero-order valence-corrected chi connectivity index (χ0v) is 27.0. The summed E-state index contributed by atoms with van der Waals surface area (Å²) in [5.41, 5.74) is 7.49. The molecule has 41 heavy (non-hydrogen) atoms. The Morgan fingerprint density at radius 2 is 1.88 bits per heavy atom. The number of carbonyl (C=O) groups excluding carboxylic acids is 1. The molecule has 1 aliphatic carbocycles. The van der Waals surface area contributed by atoms with Gasteiger partial charge in [0.1, 0.15) is 16.1 Å². The first-order chi connectivity index (χ1) is 19.4. The molecule has 8 heteroatoms. The molecule has 1 N–H and O–H groups in total. The van der Waals surface area contributed by atoms with E-state index in [9.17, 15) is 10.1 Å². The van der Waals surface area contributed by atoms with Crippen LogP contribution >= 0.6 is 34.3 Å². The summed E-state index contributed by atoms with van der Waals surface area (Å²) in [7, 11) is 0. The smallest absolute Gasteiger partial charge is 0.259 e. The number of hydrogen-bond donors (Lipinski definition) is 1. The fourth-order valence-corrected chi connectivity index (χ4v) is 8.23. The average Bonchev–Trinajstić information content (AvgIpc) is 3.52. The predicted octanol–water partition coefficient (Wildman–Crippen LogP) is 9.51. The van der Waals surface area contributed by atoms with Crippen molar-refractivity contribution in [2.24, 2.45) is 16.3 Å². The Kier molecular flexibility index (Phi) is 8.04. The summed E-state index contributed by atoms with van der Waals surface area (Å²) in [6.07, 6.45) is 4.76. The fourth-order valence-electron chi connectivity index (χ4n) is 5.62.